The van der Waals surface area contributed by atoms with E-state index in [0.29, 0.717) is 32.7 Å². The maximum atomic E-state index is 14.1. The average Bonchev–Trinajstić information content (AvgIpc) is 3.13. The smallest absolute Gasteiger partial charge is 0.216 e. The largest absolute Gasteiger partial charge is 0.370 e. The Kier molecular flexibility index (Phi) is 6.02. The molecular weight excluding hydrogens is 412 g/mol. The summed E-state index contributed by atoms with van der Waals surface area (Å²) in [4.78, 5) is 2.27. The molecule has 0 amide bonds. The van der Waals surface area contributed by atoms with Crippen molar-refractivity contribution in [1.82, 2.24) is 9.21 Å². The fourth-order valence-electron chi connectivity index (χ4n) is 4.66. The standard InChI is InChI=1S/C21H29F2N3O3S/c1-13(2)30(27,28)26-6-5-14-9-25(10-15(14)11-26)17-8-20(24)21(29-12-17)18-7-16(22)3-4-19(18)23/h3-4,7,13,17,20-21H,5-6,8-12,24H2,1-2H3/t17-,20+,21-/m1/s1. The molecule has 0 unspecified atom stereocenters. The number of nitrogens with zero attached hydrogens (tertiary/aromatic N) is 2. The molecule has 0 spiro atoms. The van der Waals surface area contributed by atoms with Crippen molar-refractivity contribution in [3.8, 4) is 0 Å². The van der Waals surface area contributed by atoms with Gasteiger partial charge in [0.15, 0.2) is 0 Å². The Hall–Kier alpha value is -1.39. The van der Waals surface area contributed by atoms with Crippen LogP contribution in [0.15, 0.2) is 29.3 Å². The Morgan fingerprint density at radius 2 is 1.90 bits per heavy atom. The van der Waals surface area contributed by atoms with Crippen molar-refractivity contribution in [2.45, 2.75) is 50.1 Å². The molecule has 4 rings (SSSR count). The molecule has 1 aromatic carbocycles. The molecule has 0 aliphatic carbocycles. The lowest BCUT2D eigenvalue weighted by molar-refractivity contribution is -0.0465. The molecule has 0 aromatic heterocycles. The van der Waals surface area contributed by atoms with Crippen molar-refractivity contribution < 1.29 is 21.9 Å². The van der Waals surface area contributed by atoms with Gasteiger partial charge in [0.2, 0.25) is 10.0 Å². The van der Waals surface area contributed by atoms with Crippen molar-refractivity contribution in [2.75, 3.05) is 32.8 Å². The first-order chi connectivity index (χ1) is 14.2. The number of sulfonamides is 1. The highest BCUT2D eigenvalue weighted by atomic mass is 32.2. The number of hydrogen-bond acceptors (Lipinski definition) is 5. The minimum atomic E-state index is -3.27. The Morgan fingerprint density at radius 1 is 1.17 bits per heavy atom. The van der Waals surface area contributed by atoms with Gasteiger partial charge in [-0.1, -0.05) is 5.57 Å². The van der Waals surface area contributed by atoms with E-state index in [1.807, 2.05) is 0 Å². The second kappa shape index (κ2) is 8.27. The number of nitrogens with two attached hydrogens (primary N) is 1. The van der Waals surface area contributed by atoms with Gasteiger partial charge in [0.1, 0.15) is 17.7 Å². The van der Waals surface area contributed by atoms with Crippen LogP contribution in [0.2, 0.25) is 0 Å². The topological polar surface area (TPSA) is 75.9 Å². The molecule has 1 aromatic rings. The summed E-state index contributed by atoms with van der Waals surface area (Å²) in [5, 5.41) is -0.429. The number of hydrogen-bond donors (Lipinski definition) is 1. The normalized spacial score (nSPS) is 28.9. The zero-order valence-electron chi connectivity index (χ0n) is 17.4. The van der Waals surface area contributed by atoms with Gasteiger partial charge in [0.05, 0.1) is 11.9 Å². The zero-order valence-corrected chi connectivity index (χ0v) is 18.2. The minimum absolute atomic E-state index is 0.0635. The number of halogens is 2. The lowest BCUT2D eigenvalue weighted by Gasteiger charge is -2.39. The Morgan fingerprint density at radius 3 is 2.60 bits per heavy atom. The van der Waals surface area contributed by atoms with E-state index in [2.05, 4.69) is 4.90 Å². The van der Waals surface area contributed by atoms with Gasteiger partial charge in [-0.2, -0.15) is 4.31 Å². The van der Waals surface area contributed by atoms with Crippen LogP contribution in [0, 0.1) is 11.6 Å². The fourth-order valence-corrected chi connectivity index (χ4v) is 5.94. The summed E-state index contributed by atoms with van der Waals surface area (Å²) in [5.41, 5.74) is 8.93. The molecule has 3 heterocycles. The molecule has 1 saturated heterocycles. The van der Waals surface area contributed by atoms with E-state index in [-0.39, 0.29) is 11.6 Å². The van der Waals surface area contributed by atoms with E-state index in [4.69, 9.17) is 10.5 Å². The van der Waals surface area contributed by atoms with Gasteiger partial charge in [-0.25, -0.2) is 17.2 Å². The Labute approximate surface area is 176 Å². The molecular formula is C21H29F2N3O3S. The van der Waals surface area contributed by atoms with Gasteiger partial charge in [-0.3, -0.25) is 4.90 Å². The van der Waals surface area contributed by atoms with Crippen LogP contribution < -0.4 is 5.73 Å². The Bertz CT molecular complexity index is 951. The van der Waals surface area contributed by atoms with E-state index in [0.717, 1.165) is 36.7 Å². The van der Waals surface area contributed by atoms with Crippen LogP contribution in [0.3, 0.4) is 0 Å². The zero-order chi connectivity index (χ0) is 21.6. The molecule has 2 N–H and O–H groups in total. The maximum Gasteiger partial charge on any atom is 0.216 e. The first-order valence-electron chi connectivity index (χ1n) is 10.4. The van der Waals surface area contributed by atoms with Gasteiger partial charge in [-0.05, 0) is 50.5 Å². The highest BCUT2D eigenvalue weighted by Crippen LogP contribution is 2.35. The minimum Gasteiger partial charge on any atom is -0.370 e. The molecule has 0 saturated carbocycles. The number of rotatable bonds is 4. The molecule has 30 heavy (non-hydrogen) atoms. The van der Waals surface area contributed by atoms with Crippen LogP contribution in [0.5, 0.6) is 0 Å². The third-order valence-corrected chi connectivity index (χ3v) is 8.68. The third kappa shape index (κ3) is 4.05. The summed E-state index contributed by atoms with van der Waals surface area (Å²) in [5.74, 6) is -1.03. The summed E-state index contributed by atoms with van der Waals surface area (Å²) < 4.78 is 60.2. The van der Waals surface area contributed by atoms with Crippen molar-refractivity contribution >= 4 is 10.0 Å². The molecule has 3 aliphatic rings. The van der Waals surface area contributed by atoms with E-state index >= 15 is 0 Å². The van der Waals surface area contributed by atoms with Gasteiger partial charge in [0.25, 0.3) is 0 Å². The molecule has 166 valence electrons. The molecule has 3 atom stereocenters. The number of benzene rings is 1. The summed E-state index contributed by atoms with van der Waals surface area (Å²) >= 11 is 0. The summed E-state index contributed by atoms with van der Waals surface area (Å²) in [6.45, 7) is 6.24. The fraction of sp³-hybridized carbons (Fsp3) is 0.619. The van der Waals surface area contributed by atoms with Crippen LogP contribution in [-0.2, 0) is 14.8 Å². The van der Waals surface area contributed by atoms with Crippen LogP contribution in [0.4, 0.5) is 8.78 Å². The van der Waals surface area contributed by atoms with Gasteiger partial charge < -0.3 is 10.5 Å². The second-order valence-electron chi connectivity index (χ2n) is 8.76. The molecule has 1 fully saturated rings. The predicted molar refractivity (Wildman–Crippen MR) is 110 cm³/mol. The van der Waals surface area contributed by atoms with Crippen molar-refractivity contribution in [3.05, 3.63) is 46.5 Å². The number of ether oxygens (including phenoxy) is 1. The predicted octanol–water partition coefficient (Wildman–Crippen LogP) is 2.18. The Balaban J connectivity index is 1.39. The van der Waals surface area contributed by atoms with Crippen LogP contribution in [0.1, 0.15) is 38.4 Å². The second-order valence-corrected chi connectivity index (χ2v) is 11.3. The van der Waals surface area contributed by atoms with Crippen molar-refractivity contribution in [2.24, 2.45) is 5.73 Å². The highest BCUT2D eigenvalue weighted by molar-refractivity contribution is 7.89. The SMILES string of the molecule is CC(C)S(=O)(=O)N1CCC2=C(CN([C@H]3CO[C@H](c4cc(F)ccc4F)[C@@H](N)C3)C2)C1. The molecule has 0 bridgehead atoms. The van der Waals surface area contributed by atoms with E-state index in [1.165, 1.54) is 5.57 Å². The summed E-state index contributed by atoms with van der Waals surface area (Å²) in [6, 6.07) is 2.95. The first-order valence-corrected chi connectivity index (χ1v) is 11.9. The summed E-state index contributed by atoms with van der Waals surface area (Å²) in [6.07, 6.45) is 0.679. The van der Waals surface area contributed by atoms with Crippen LogP contribution >= 0.6 is 0 Å². The quantitative estimate of drug-likeness (QED) is 0.725. The van der Waals surface area contributed by atoms with Crippen molar-refractivity contribution in [3.63, 3.8) is 0 Å². The first kappa shape index (κ1) is 21.8. The van der Waals surface area contributed by atoms with E-state index in [1.54, 1.807) is 18.2 Å². The monoisotopic (exact) mass is 441 g/mol. The van der Waals surface area contributed by atoms with Crippen molar-refractivity contribution in [1.29, 1.82) is 0 Å². The van der Waals surface area contributed by atoms with Crippen LogP contribution in [-0.4, -0.2) is 67.7 Å². The summed E-state index contributed by atoms with van der Waals surface area (Å²) in [7, 11) is -3.27. The maximum absolute atomic E-state index is 14.1. The van der Waals surface area contributed by atoms with E-state index < -0.39 is 39.1 Å². The molecule has 6 nitrogen and oxygen atoms in total. The third-order valence-electron chi connectivity index (χ3n) is 6.46. The lowest BCUT2D eigenvalue weighted by Crippen LogP contribution is -2.49. The van der Waals surface area contributed by atoms with Gasteiger partial charge in [-0.15, -0.1) is 0 Å². The van der Waals surface area contributed by atoms with Gasteiger partial charge >= 0.3 is 0 Å². The average molecular weight is 442 g/mol. The van der Waals surface area contributed by atoms with E-state index in [9.17, 15) is 17.2 Å². The molecule has 0 radical (unpaired) electrons. The van der Waals surface area contributed by atoms with Crippen LogP contribution in [0.25, 0.3) is 0 Å². The van der Waals surface area contributed by atoms with Gasteiger partial charge in [0, 0.05) is 43.8 Å². The molecule has 3 aliphatic heterocycles. The lowest BCUT2D eigenvalue weighted by atomic mass is 9.93. The highest BCUT2D eigenvalue weighted by Gasteiger charge is 2.39. The molecule has 9 heteroatoms.